The molecule has 2 aromatic carbocycles. The van der Waals surface area contributed by atoms with E-state index in [-0.39, 0.29) is 18.2 Å². The van der Waals surface area contributed by atoms with Crippen LogP contribution in [0.25, 0.3) is 0 Å². The molecule has 9 heteroatoms. The van der Waals surface area contributed by atoms with Crippen LogP contribution >= 0.6 is 23.2 Å². The third-order valence-electron chi connectivity index (χ3n) is 5.32. The second kappa shape index (κ2) is 10.4. The Morgan fingerprint density at radius 3 is 2.29 bits per heavy atom. The van der Waals surface area contributed by atoms with Crippen LogP contribution in [0.3, 0.4) is 0 Å². The summed E-state index contributed by atoms with van der Waals surface area (Å²) < 4.78 is 11.5. The summed E-state index contributed by atoms with van der Waals surface area (Å²) in [5.41, 5.74) is 0.989. The Morgan fingerprint density at radius 2 is 1.68 bits per heavy atom. The molecule has 0 radical (unpaired) electrons. The zero-order chi connectivity index (χ0) is 25.1. The van der Waals surface area contributed by atoms with Gasteiger partial charge in [-0.25, -0.2) is 9.59 Å². The van der Waals surface area contributed by atoms with E-state index >= 15 is 0 Å². The number of ether oxygens (including phenoxy) is 2. The monoisotopic (exact) mass is 507 g/mol. The van der Waals surface area contributed by atoms with Gasteiger partial charge >= 0.3 is 12.1 Å². The lowest BCUT2D eigenvalue weighted by Gasteiger charge is -2.35. The highest BCUT2D eigenvalue weighted by Gasteiger charge is 2.45. The topological polar surface area (TPSA) is 79.9 Å². The SMILES string of the molecule is CC(C)(C)OC(=O)N1C(CCc2ccc(NC(=O)Nc3ccc(Cl)c(Cl)c3)cc2)COC1(C)C. The Morgan fingerprint density at radius 1 is 1.06 bits per heavy atom. The molecule has 0 spiro atoms. The first-order valence-corrected chi connectivity index (χ1v) is 11.9. The van der Waals surface area contributed by atoms with Crippen LogP contribution in [0, 0.1) is 0 Å². The first-order chi connectivity index (χ1) is 15.8. The zero-order valence-corrected chi connectivity index (χ0v) is 21.6. The number of benzene rings is 2. The van der Waals surface area contributed by atoms with Crippen LogP contribution in [0.2, 0.25) is 10.0 Å². The number of nitrogens with zero attached hydrogens (tertiary/aromatic N) is 1. The zero-order valence-electron chi connectivity index (χ0n) is 20.1. The minimum Gasteiger partial charge on any atom is -0.444 e. The van der Waals surface area contributed by atoms with Crippen LogP contribution in [0.4, 0.5) is 21.0 Å². The number of carbonyl (C=O) groups excluding carboxylic acids is 2. The maximum absolute atomic E-state index is 12.8. The van der Waals surface area contributed by atoms with Gasteiger partial charge in [-0.3, -0.25) is 4.90 Å². The van der Waals surface area contributed by atoms with Gasteiger partial charge in [0, 0.05) is 11.4 Å². The Hall–Kier alpha value is -2.48. The number of urea groups is 1. The third kappa shape index (κ3) is 7.01. The minimum atomic E-state index is -0.720. The summed E-state index contributed by atoms with van der Waals surface area (Å²) in [7, 11) is 0. The molecule has 1 heterocycles. The highest BCUT2D eigenvalue weighted by Crippen LogP contribution is 2.31. The van der Waals surface area contributed by atoms with Crippen molar-refractivity contribution in [2.75, 3.05) is 17.2 Å². The number of hydrogen-bond acceptors (Lipinski definition) is 4. The highest BCUT2D eigenvalue weighted by molar-refractivity contribution is 6.42. The number of hydrogen-bond donors (Lipinski definition) is 2. The van der Waals surface area contributed by atoms with Crippen molar-refractivity contribution in [3.8, 4) is 0 Å². The Kier molecular flexibility index (Phi) is 8.01. The lowest BCUT2D eigenvalue weighted by molar-refractivity contribution is -0.0626. The number of aryl methyl sites for hydroxylation is 1. The molecule has 1 atom stereocenters. The normalized spacial score (nSPS) is 17.4. The van der Waals surface area contributed by atoms with Crippen LogP contribution in [0.1, 0.15) is 46.6 Å². The molecule has 1 fully saturated rings. The van der Waals surface area contributed by atoms with Gasteiger partial charge in [0.15, 0.2) is 0 Å². The Labute approximate surface area is 210 Å². The van der Waals surface area contributed by atoms with Crippen molar-refractivity contribution in [3.05, 3.63) is 58.1 Å². The number of halogens is 2. The van der Waals surface area contributed by atoms with Gasteiger partial charge in [0.05, 0.1) is 22.7 Å². The van der Waals surface area contributed by atoms with Crippen molar-refractivity contribution in [2.45, 2.75) is 64.8 Å². The molecule has 3 rings (SSSR count). The molecule has 1 unspecified atom stereocenters. The number of carbonyl (C=O) groups is 2. The molecule has 0 saturated carbocycles. The minimum absolute atomic E-state index is 0.0837. The third-order valence-corrected chi connectivity index (χ3v) is 6.06. The van der Waals surface area contributed by atoms with Crippen molar-refractivity contribution in [1.82, 2.24) is 4.90 Å². The number of anilines is 2. The van der Waals surface area contributed by atoms with Gasteiger partial charge < -0.3 is 20.1 Å². The van der Waals surface area contributed by atoms with E-state index in [0.29, 0.717) is 28.0 Å². The molecule has 2 N–H and O–H groups in total. The summed E-state index contributed by atoms with van der Waals surface area (Å²) in [6.07, 6.45) is 1.11. The summed E-state index contributed by atoms with van der Waals surface area (Å²) in [4.78, 5) is 26.7. The fourth-order valence-electron chi connectivity index (χ4n) is 3.73. The van der Waals surface area contributed by atoms with Crippen molar-refractivity contribution in [3.63, 3.8) is 0 Å². The number of amides is 3. The standard InChI is InChI=1S/C25H31Cl2N3O4/c1-24(2,3)34-23(32)30-19(15-33-25(30,4)5)12-8-16-6-9-17(10-7-16)28-22(31)29-18-11-13-20(26)21(27)14-18/h6-7,9-11,13-14,19H,8,12,15H2,1-5H3,(H2,28,29,31). The van der Waals surface area contributed by atoms with E-state index in [9.17, 15) is 9.59 Å². The molecule has 1 aliphatic rings. The molecule has 1 saturated heterocycles. The molecule has 7 nitrogen and oxygen atoms in total. The van der Waals surface area contributed by atoms with Crippen molar-refractivity contribution >= 4 is 46.7 Å². The summed E-state index contributed by atoms with van der Waals surface area (Å²) in [5, 5.41) is 6.29. The molecule has 2 aromatic rings. The van der Waals surface area contributed by atoms with Crippen molar-refractivity contribution in [1.29, 1.82) is 0 Å². The number of nitrogens with one attached hydrogen (secondary N) is 2. The molecule has 0 aliphatic carbocycles. The van der Waals surface area contributed by atoms with E-state index in [0.717, 1.165) is 18.4 Å². The van der Waals surface area contributed by atoms with Gasteiger partial charge in [0.1, 0.15) is 11.3 Å². The summed E-state index contributed by atoms with van der Waals surface area (Å²) in [6.45, 7) is 9.76. The Balaban J connectivity index is 1.55. The van der Waals surface area contributed by atoms with Gasteiger partial charge in [0.2, 0.25) is 0 Å². The maximum Gasteiger partial charge on any atom is 0.412 e. The van der Waals surface area contributed by atoms with E-state index in [1.807, 2.05) is 58.9 Å². The quantitative estimate of drug-likeness (QED) is 0.459. The van der Waals surface area contributed by atoms with Crippen LogP contribution < -0.4 is 10.6 Å². The van der Waals surface area contributed by atoms with Gasteiger partial charge in [-0.1, -0.05) is 35.3 Å². The summed E-state index contributed by atoms with van der Waals surface area (Å²) >= 11 is 11.9. The molecule has 3 amide bonds. The average Bonchev–Trinajstić information content (AvgIpc) is 3.03. The van der Waals surface area contributed by atoms with E-state index in [1.165, 1.54) is 0 Å². The molecule has 0 aromatic heterocycles. The summed E-state index contributed by atoms with van der Waals surface area (Å²) in [6, 6.07) is 12.0. The van der Waals surface area contributed by atoms with E-state index in [2.05, 4.69) is 10.6 Å². The van der Waals surface area contributed by atoms with Crippen LogP contribution in [0.5, 0.6) is 0 Å². The van der Waals surface area contributed by atoms with E-state index in [4.69, 9.17) is 32.7 Å². The Bertz CT molecular complexity index is 1040. The lowest BCUT2D eigenvalue weighted by Crippen LogP contribution is -2.49. The predicted octanol–water partition coefficient (Wildman–Crippen LogP) is 6.94. The molecule has 0 bridgehead atoms. The second-order valence-electron chi connectivity index (χ2n) is 9.71. The number of rotatable bonds is 5. The highest BCUT2D eigenvalue weighted by atomic mass is 35.5. The maximum atomic E-state index is 12.8. The molecular formula is C25H31Cl2N3O4. The molecule has 184 valence electrons. The van der Waals surface area contributed by atoms with Gasteiger partial charge in [0.25, 0.3) is 0 Å². The fraction of sp³-hybridized carbons (Fsp3) is 0.440. The molecule has 1 aliphatic heterocycles. The largest absolute Gasteiger partial charge is 0.444 e. The molecular weight excluding hydrogens is 477 g/mol. The lowest BCUT2D eigenvalue weighted by atomic mass is 10.0. The molecule has 34 heavy (non-hydrogen) atoms. The smallest absolute Gasteiger partial charge is 0.412 e. The predicted molar refractivity (Wildman–Crippen MR) is 136 cm³/mol. The van der Waals surface area contributed by atoms with Crippen LogP contribution in [-0.2, 0) is 15.9 Å². The second-order valence-corrected chi connectivity index (χ2v) is 10.5. The van der Waals surface area contributed by atoms with Gasteiger partial charge in [-0.05, 0) is 83.4 Å². The fourth-order valence-corrected chi connectivity index (χ4v) is 4.03. The van der Waals surface area contributed by atoms with Gasteiger partial charge in [-0.2, -0.15) is 0 Å². The van der Waals surface area contributed by atoms with Crippen LogP contribution in [-0.4, -0.2) is 41.0 Å². The van der Waals surface area contributed by atoms with Crippen LogP contribution in [0.15, 0.2) is 42.5 Å². The van der Waals surface area contributed by atoms with Crippen molar-refractivity contribution < 1.29 is 19.1 Å². The van der Waals surface area contributed by atoms with E-state index < -0.39 is 11.3 Å². The van der Waals surface area contributed by atoms with Crippen molar-refractivity contribution in [2.24, 2.45) is 0 Å². The average molecular weight is 508 g/mol. The van der Waals surface area contributed by atoms with Gasteiger partial charge in [-0.15, -0.1) is 0 Å². The first-order valence-electron chi connectivity index (χ1n) is 11.1. The van der Waals surface area contributed by atoms with E-state index in [1.54, 1.807) is 23.1 Å². The summed E-state index contributed by atoms with van der Waals surface area (Å²) in [5.74, 6) is 0. The first kappa shape index (κ1) is 26.1.